The Balaban J connectivity index is 1.80. The molecule has 0 fully saturated rings. The monoisotopic (exact) mass is 438 g/mol. The van der Waals surface area contributed by atoms with Gasteiger partial charge in [0.05, 0.1) is 18.7 Å². The lowest BCUT2D eigenvalue weighted by Crippen LogP contribution is -2.46. The molecule has 0 bridgehead atoms. The Bertz CT molecular complexity index is 1200. The largest absolute Gasteiger partial charge is 0.494 e. The maximum absolute atomic E-state index is 14.1. The molecule has 9 heteroatoms. The highest BCUT2D eigenvalue weighted by Gasteiger charge is 2.35. The number of carbonyl (C=O) groups excluding carboxylic acids is 1. The number of allylic oxidation sites excluding steroid dienone is 1. The van der Waals surface area contributed by atoms with Crippen LogP contribution in [0.3, 0.4) is 0 Å². The van der Waals surface area contributed by atoms with Gasteiger partial charge in [-0.15, -0.1) is 6.58 Å². The Morgan fingerprint density at radius 3 is 2.66 bits per heavy atom. The molecule has 0 spiro atoms. The fraction of sp³-hybridized carbons (Fsp3) is 0.174. The average molecular weight is 438 g/mol. The van der Waals surface area contributed by atoms with Crippen molar-refractivity contribution in [1.29, 1.82) is 0 Å². The molecule has 164 valence electrons. The molecule has 7 nitrogen and oxygen atoms in total. The van der Waals surface area contributed by atoms with Gasteiger partial charge in [-0.1, -0.05) is 23.4 Å². The second kappa shape index (κ2) is 8.62. The topological polar surface area (TPSA) is 80.5 Å². The molecule has 1 aliphatic heterocycles. The molecule has 0 saturated carbocycles. The Labute approximate surface area is 183 Å². The fourth-order valence-electron chi connectivity index (χ4n) is 3.57. The number of hydrogen-bond acceptors (Lipinski definition) is 5. The minimum Gasteiger partial charge on any atom is -0.494 e. The lowest BCUT2D eigenvalue weighted by Gasteiger charge is -2.34. The number of benzene rings is 2. The molecule has 2 amide bonds. The van der Waals surface area contributed by atoms with Crippen LogP contribution in [-0.4, -0.2) is 34.7 Å². The van der Waals surface area contributed by atoms with E-state index in [1.165, 1.54) is 36.3 Å². The summed E-state index contributed by atoms with van der Waals surface area (Å²) in [6, 6.07) is 9.12. The van der Waals surface area contributed by atoms with Crippen molar-refractivity contribution < 1.29 is 22.8 Å². The summed E-state index contributed by atoms with van der Waals surface area (Å²) in [5.74, 6) is -0.530. The molecule has 2 aromatic carbocycles. The van der Waals surface area contributed by atoms with Gasteiger partial charge in [-0.05, 0) is 42.8 Å². The molecule has 0 aliphatic carbocycles. The number of nitrogens with one attached hydrogen (secondary N) is 1. The van der Waals surface area contributed by atoms with E-state index in [4.69, 9.17) is 9.26 Å². The molecule has 0 saturated heterocycles. The van der Waals surface area contributed by atoms with Crippen molar-refractivity contribution in [3.8, 4) is 17.1 Å². The second-order valence-electron chi connectivity index (χ2n) is 7.10. The Hall–Kier alpha value is -4.01. The molecule has 1 unspecified atom stereocenters. The summed E-state index contributed by atoms with van der Waals surface area (Å²) in [5, 5.41) is 6.88. The first kappa shape index (κ1) is 21.2. The molecule has 4 rings (SSSR count). The molecule has 1 N–H and O–H groups in total. The highest BCUT2D eigenvalue weighted by atomic mass is 19.1. The fourth-order valence-corrected chi connectivity index (χ4v) is 3.57. The van der Waals surface area contributed by atoms with E-state index in [-0.39, 0.29) is 30.0 Å². The summed E-state index contributed by atoms with van der Waals surface area (Å²) >= 11 is 0. The molecule has 3 aromatic rings. The number of carbonyl (C=O) groups is 1. The number of methoxy groups -OCH3 is 1. The molecule has 1 atom stereocenters. The maximum Gasteiger partial charge on any atom is 0.322 e. The summed E-state index contributed by atoms with van der Waals surface area (Å²) in [6.07, 6.45) is 1.60. The summed E-state index contributed by atoms with van der Waals surface area (Å²) in [7, 11) is 1.38. The van der Waals surface area contributed by atoms with E-state index < -0.39 is 17.7 Å². The van der Waals surface area contributed by atoms with Crippen molar-refractivity contribution in [2.45, 2.75) is 13.0 Å². The van der Waals surface area contributed by atoms with Gasteiger partial charge in [0.25, 0.3) is 5.89 Å². The SMILES string of the molecule is C=CCN1C(=O)NC(c2ccc(F)cc2)C(c2nc(-c3ccc(OC)c(F)c3)no2)=C1C. The minimum atomic E-state index is -0.648. The number of aromatic nitrogens is 2. The zero-order chi connectivity index (χ0) is 22.8. The van der Waals surface area contributed by atoms with Crippen LogP contribution in [0.15, 0.2) is 65.3 Å². The van der Waals surface area contributed by atoms with Gasteiger partial charge in [-0.3, -0.25) is 4.90 Å². The van der Waals surface area contributed by atoms with Gasteiger partial charge in [0, 0.05) is 17.8 Å². The van der Waals surface area contributed by atoms with Crippen molar-refractivity contribution in [1.82, 2.24) is 20.4 Å². The van der Waals surface area contributed by atoms with Crippen molar-refractivity contribution in [3.63, 3.8) is 0 Å². The third-order valence-electron chi connectivity index (χ3n) is 5.18. The third-order valence-corrected chi connectivity index (χ3v) is 5.18. The van der Waals surface area contributed by atoms with Crippen LogP contribution in [0.25, 0.3) is 17.0 Å². The number of ether oxygens (including phenoxy) is 1. The van der Waals surface area contributed by atoms with Crippen molar-refractivity contribution >= 4 is 11.6 Å². The van der Waals surface area contributed by atoms with Crippen LogP contribution in [0.1, 0.15) is 24.4 Å². The number of halogens is 2. The minimum absolute atomic E-state index is 0.0995. The molecule has 32 heavy (non-hydrogen) atoms. The van der Waals surface area contributed by atoms with Crippen LogP contribution < -0.4 is 10.1 Å². The zero-order valence-corrected chi connectivity index (χ0v) is 17.4. The van der Waals surface area contributed by atoms with Crippen molar-refractivity contribution in [2.75, 3.05) is 13.7 Å². The first-order valence-electron chi connectivity index (χ1n) is 9.76. The maximum atomic E-state index is 14.1. The molecule has 1 aromatic heterocycles. The predicted molar refractivity (Wildman–Crippen MR) is 113 cm³/mol. The molecule has 2 heterocycles. The molecular weight excluding hydrogens is 418 g/mol. The number of urea groups is 1. The van der Waals surface area contributed by atoms with Crippen LogP contribution in [0.4, 0.5) is 13.6 Å². The van der Waals surface area contributed by atoms with Crippen LogP contribution in [0.2, 0.25) is 0 Å². The highest BCUT2D eigenvalue weighted by molar-refractivity contribution is 5.87. The number of hydrogen-bond donors (Lipinski definition) is 1. The number of nitrogens with zero attached hydrogens (tertiary/aromatic N) is 3. The lowest BCUT2D eigenvalue weighted by atomic mass is 9.94. The first-order chi connectivity index (χ1) is 15.4. The van der Waals surface area contributed by atoms with Gasteiger partial charge < -0.3 is 14.6 Å². The van der Waals surface area contributed by atoms with Crippen LogP contribution in [0.5, 0.6) is 5.75 Å². The van der Waals surface area contributed by atoms with Gasteiger partial charge in [0.15, 0.2) is 11.6 Å². The van der Waals surface area contributed by atoms with E-state index in [1.54, 1.807) is 31.2 Å². The van der Waals surface area contributed by atoms with Crippen LogP contribution in [0, 0.1) is 11.6 Å². The summed E-state index contributed by atoms with van der Waals surface area (Å²) in [4.78, 5) is 18.6. The summed E-state index contributed by atoms with van der Waals surface area (Å²) < 4.78 is 38.1. The quantitative estimate of drug-likeness (QED) is 0.564. The smallest absolute Gasteiger partial charge is 0.322 e. The van der Waals surface area contributed by atoms with Crippen LogP contribution >= 0.6 is 0 Å². The van der Waals surface area contributed by atoms with Crippen molar-refractivity contribution in [2.24, 2.45) is 0 Å². The van der Waals surface area contributed by atoms with Gasteiger partial charge in [-0.25, -0.2) is 13.6 Å². The van der Waals surface area contributed by atoms with Gasteiger partial charge in [-0.2, -0.15) is 4.98 Å². The molecule has 1 aliphatic rings. The number of amides is 2. The molecule has 0 radical (unpaired) electrons. The molecular formula is C23H20F2N4O3. The standard InChI is InChI=1S/C23H20F2N4O3/c1-4-11-29-13(2)19(20(26-23(29)30)14-5-8-16(24)9-6-14)22-27-21(28-32-22)15-7-10-18(31-3)17(25)12-15/h4-10,12,20H,1,11H2,2-3H3,(H,26,30). The summed E-state index contributed by atoms with van der Waals surface area (Å²) in [5.41, 5.74) is 2.17. The van der Waals surface area contributed by atoms with Crippen molar-refractivity contribution in [3.05, 3.63) is 83.9 Å². The third kappa shape index (κ3) is 3.84. The Morgan fingerprint density at radius 1 is 1.25 bits per heavy atom. The van der Waals surface area contributed by atoms with E-state index in [9.17, 15) is 13.6 Å². The predicted octanol–water partition coefficient (Wildman–Crippen LogP) is 4.71. The van der Waals surface area contributed by atoms with Gasteiger partial charge in [0.2, 0.25) is 5.82 Å². The highest BCUT2D eigenvalue weighted by Crippen LogP contribution is 2.37. The van der Waals surface area contributed by atoms with E-state index >= 15 is 0 Å². The van der Waals surface area contributed by atoms with E-state index in [0.717, 1.165) is 0 Å². The normalized spacial score (nSPS) is 16.2. The second-order valence-corrected chi connectivity index (χ2v) is 7.10. The van der Waals surface area contributed by atoms with E-state index in [0.29, 0.717) is 22.4 Å². The van der Waals surface area contributed by atoms with E-state index in [2.05, 4.69) is 22.0 Å². The van der Waals surface area contributed by atoms with E-state index in [1.807, 2.05) is 0 Å². The number of rotatable bonds is 6. The van der Waals surface area contributed by atoms with Gasteiger partial charge >= 0.3 is 6.03 Å². The summed E-state index contributed by atoms with van der Waals surface area (Å²) in [6.45, 7) is 5.71. The zero-order valence-electron chi connectivity index (χ0n) is 17.4. The Kier molecular flexibility index (Phi) is 5.72. The first-order valence-corrected chi connectivity index (χ1v) is 9.76. The van der Waals surface area contributed by atoms with Crippen LogP contribution in [-0.2, 0) is 0 Å². The lowest BCUT2D eigenvalue weighted by molar-refractivity contribution is 0.209. The average Bonchev–Trinajstić information content (AvgIpc) is 3.26. The Morgan fingerprint density at radius 2 is 2.00 bits per heavy atom. The van der Waals surface area contributed by atoms with Gasteiger partial charge in [0.1, 0.15) is 5.82 Å².